The molecule has 1 aromatic carbocycles. The predicted molar refractivity (Wildman–Crippen MR) is 93.2 cm³/mol. The van der Waals surface area contributed by atoms with Gasteiger partial charge in [0.05, 0.1) is 0 Å². The highest BCUT2D eigenvalue weighted by Crippen LogP contribution is 2.16. The first-order valence-corrected chi connectivity index (χ1v) is 7.77. The molecule has 2 rings (SSSR count). The Morgan fingerprint density at radius 3 is 2.50 bits per heavy atom. The van der Waals surface area contributed by atoms with Crippen LogP contribution in [0.15, 0.2) is 36.7 Å². The zero-order valence-electron chi connectivity index (χ0n) is 13.8. The van der Waals surface area contributed by atoms with Crippen molar-refractivity contribution < 1.29 is 0 Å². The molecule has 6 heteroatoms. The Hall–Kier alpha value is -1.92. The summed E-state index contributed by atoms with van der Waals surface area (Å²) in [5.41, 5.74) is 14.5. The molecule has 1 atom stereocenters. The van der Waals surface area contributed by atoms with E-state index in [0.29, 0.717) is 0 Å². The molecule has 0 bridgehead atoms. The minimum Gasteiger partial charge on any atom is -0.378 e. The van der Waals surface area contributed by atoms with Crippen molar-refractivity contribution >= 4 is 11.4 Å². The van der Waals surface area contributed by atoms with E-state index in [1.165, 1.54) is 5.69 Å². The molecule has 0 amide bonds. The van der Waals surface area contributed by atoms with E-state index in [1.54, 1.807) is 0 Å². The zero-order chi connectivity index (χ0) is 15.9. The normalized spacial score (nSPS) is 17.2. The van der Waals surface area contributed by atoms with Crippen LogP contribution in [-0.4, -0.2) is 50.3 Å². The fourth-order valence-electron chi connectivity index (χ4n) is 2.40. The predicted octanol–water partition coefficient (Wildman–Crippen LogP) is 1.41. The molecule has 22 heavy (non-hydrogen) atoms. The molecule has 0 radical (unpaired) electrons. The van der Waals surface area contributed by atoms with Crippen LogP contribution in [0.4, 0.5) is 11.4 Å². The molecule has 4 N–H and O–H groups in total. The number of rotatable bonds is 8. The number of nitrogens with two attached hydrogens (primary N) is 1. The minimum atomic E-state index is 0.117. The standard InChI is InChI=1S/C16H28N6/c1-20(2)15-8-6-14(7-9-15)18-19-16-21(3)12-13-22(16)11-5-4-10-17/h6-9,12-13,16,18-19H,4-5,10-11,17H2,1-3H3. The van der Waals surface area contributed by atoms with E-state index in [0.717, 1.165) is 31.6 Å². The fourth-order valence-corrected chi connectivity index (χ4v) is 2.40. The van der Waals surface area contributed by atoms with Crippen LogP contribution >= 0.6 is 0 Å². The number of hydrogen-bond acceptors (Lipinski definition) is 6. The maximum atomic E-state index is 5.56. The maximum absolute atomic E-state index is 5.56. The van der Waals surface area contributed by atoms with E-state index in [1.807, 2.05) is 14.1 Å². The van der Waals surface area contributed by atoms with Gasteiger partial charge in [0.1, 0.15) is 0 Å². The van der Waals surface area contributed by atoms with Gasteiger partial charge in [-0.1, -0.05) is 0 Å². The summed E-state index contributed by atoms with van der Waals surface area (Å²) < 4.78 is 0. The number of benzene rings is 1. The van der Waals surface area contributed by atoms with E-state index in [4.69, 9.17) is 5.73 Å². The first-order chi connectivity index (χ1) is 10.6. The largest absolute Gasteiger partial charge is 0.378 e. The van der Waals surface area contributed by atoms with Crippen molar-refractivity contribution in [2.75, 3.05) is 44.6 Å². The second-order valence-corrected chi connectivity index (χ2v) is 5.78. The first-order valence-electron chi connectivity index (χ1n) is 7.77. The number of nitrogens with zero attached hydrogens (tertiary/aromatic N) is 3. The van der Waals surface area contributed by atoms with Crippen LogP contribution in [0.1, 0.15) is 12.8 Å². The Kier molecular flexibility index (Phi) is 5.91. The summed E-state index contributed by atoms with van der Waals surface area (Å²) in [6, 6.07) is 8.34. The van der Waals surface area contributed by atoms with Crippen molar-refractivity contribution in [3.05, 3.63) is 36.7 Å². The van der Waals surface area contributed by atoms with Gasteiger partial charge in [-0.2, -0.15) is 5.43 Å². The van der Waals surface area contributed by atoms with Crippen molar-refractivity contribution in [3.8, 4) is 0 Å². The highest BCUT2D eigenvalue weighted by molar-refractivity contribution is 5.53. The molecule has 0 aliphatic carbocycles. The van der Waals surface area contributed by atoms with Crippen LogP contribution in [0.3, 0.4) is 0 Å². The fraction of sp³-hybridized carbons (Fsp3) is 0.500. The van der Waals surface area contributed by atoms with Crippen LogP contribution in [0.25, 0.3) is 0 Å². The second kappa shape index (κ2) is 7.91. The topological polar surface area (TPSA) is 59.8 Å². The van der Waals surface area contributed by atoms with Gasteiger partial charge in [0, 0.05) is 51.5 Å². The Balaban J connectivity index is 1.85. The Labute approximate surface area is 133 Å². The summed E-state index contributed by atoms with van der Waals surface area (Å²) >= 11 is 0. The Morgan fingerprint density at radius 2 is 1.86 bits per heavy atom. The van der Waals surface area contributed by atoms with E-state index in [9.17, 15) is 0 Å². The third kappa shape index (κ3) is 4.29. The lowest BCUT2D eigenvalue weighted by Gasteiger charge is -2.31. The van der Waals surface area contributed by atoms with E-state index >= 15 is 0 Å². The van der Waals surface area contributed by atoms with Crippen LogP contribution < -0.4 is 21.5 Å². The van der Waals surface area contributed by atoms with Crippen molar-refractivity contribution in [1.82, 2.24) is 15.2 Å². The second-order valence-electron chi connectivity index (χ2n) is 5.78. The summed E-state index contributed by atoms with van der Waals surface area (Å²) in [4.78, 5) is 6.51. The monoisotopic (exact) mass is 304 g/mol. The van der Waals surface area contributed by atoms with Crippen molar-refractivity contribution in [2.45, 2.75) is 19.1 Å². The first kappa shape index (κ1) is 16.5. The van der Waals surface area contributed by atoms with Gasteiger partial charge in [-0.3, -0.25) is 0 Å². The Bertz CT molecular complexity index is 470. The molecule has 1 aliphatic heterocycles. The highest BCUT2D eigenvalue weighted by Gasteiger charge is 2.22. The van der Waals surface area contributed by atoms with Gasteiger partial charge in [-0.15, -0.1) is 0 Å². The third-order valence-corrected chi connectivity index (χ3v) is 3.79. The van der Waals surface area contributed by atoms with Gasteiger partial charge in [0.2, 0.25) is 0 Å². The molecule has 1 unspecified atom stereocenters. The van der Waals surface area contributed by atoms with Gasteiger partial charge in [0.15, 0.2) is 6.29 Å². The van der Waals surface area contributed by atoms with Gasteiger partial charge < -0.3 is 25.9 Å². The summed E-state index contributed by atoms with van der Waals surface area (Å²) in [6.07, 6.45) is 6.47. The number of hydrogen-bond donors (Lipinski definition) is 3. The zero-order valence-corrected chi connectivity index (χ0v) is 13.8. The average Bonchev–Trinajstić information content (AvgIpc) is 2.86. The lowest BCUT2D eigenvalue weighted by atomic mass is 10.3. The summed E-state index contributed by atoms with van der Waals surface area (Å²) in [6.45, 7) is 1.75. The lowest BCUT2D eigenvalue weighted by molar-refractivity contribution is 0.146. The molecule has 6 nitrogen and oxygen atoms in total. The quantitative estimate of drug-likeness (QED) is 0.499. The number of nitrogens with one attached hydrogen (secondary N) is 2. The molecule has 0 saturated heterocycles. The molecule has 0 spiro atoms. The highest BCUT2D eigenvalue weighted by atomic mass is 15.6. The van der Waals surface area contributed by atoms with Crippen LogP contribution in [-0.2, 0) is 0 Å². The molecule has 122 valence electrons. The van der Waals surface area contributed by atoms with Gasteiger partial charge in [0.25, 0.3) is 0 Å². The van der Waals surface area contributed by atoms with E-state index < -0.39 is 0 Å². The van der Waals surface area contributed by atoms with Crippen LogP contribution in [0.2, 0.25) is 0 Å². The average molecular weight is 304 g/mol. The molecule has 0 fully saturated rings. The Morgan fingerprint density at radius 1 is 1.14 bits per heavy atom. The molecule has 1 heterocycles. The number of hydrazine groups is 1. The van der Waals surface area contributed by atoms with Crippen LogP contribution in [0, 0.1) is 0 Å². The van der Waals surface area contributed by atoms with Crippen LogP contribution in [0.5, 0.6) is 0 Å². The molecule has 1 aliphatic rings. The lowest BCUT2D eigenvalue weighted by Crippen LogP contribution is -2.50. The summed E-state index contributed by atoms with van der Waals surface area (Å²) in [7, 11) is 6.14. The van der Waals surface area contributed by atoms with Crippen molar-refractivity contribution in [1.29, 1.82) is 0 Å². The maximum Gasteiger partial charge on any atom is 0.173 e. The van der Waals surface area contributed by atoms with Crippen molar-refractivity contribution in [2.24, 2.45) is 5.73 Å². The molecule has 0 saturated carbocycles. The van der Waals surface area contributed by atoms with E-state index in [2.05, 4.69) is 69.3 Å². The molecular formula is C16H28N6. The molecule has 1 aromatic rings. The SMILES string of the molecule is CN(C)c1ccc(NNC2N(C)C=CN2CCCCN)cc1. The minimum absolute atomic E-state index is 0.117. The number of anilines is 2. The van der Waals surface area contributed by atoms with Gasteiger partial charge in [-0.05, 0) is 43.7 Å². The van der Waals surface area contributed by atoms with Gasteiger partial charge >= 0.3 is 0 Å². The summed E-state index contributed by atoms with van der Waals surface area (Å²) in [5, 5.41) is 0. The van der Waals surface area contributed by atoms with Crippen molar-refractivity contribution in [3.63, 3.8) is 0 Å². The molecular weight excluding hydrogens is 276 g/mol. The van der Waals surface area contributed by atoms with E-state index in [-0.39, 0.29) is 6.29 Å². The molecule has 0 aromatic heterocycles. The number of unbranched alkanes of at least 4 members (excludes halogenated alkanes) is 1. The smallest absolute Gasteiger partial charge is 0.173 e. The summed E-state index contributed by atoms with van der Waals surface area (Å²) in [5.74, 6) is 0. The third-order valence-electron chi connectivity index (χ3n) is 3.79. The van der Waals surface area contributed by atoms with Gasteiger partial charge in [-0.25, -0.2) is 0 Å².